The van der Waals surface area contributed by atoms with Crippen LogP contribution in [0.3, 0.4) is 0 Å². The van der Waals surface area contributed by atoms with Crippen molar-refractivity contribution in [2.75, 3.05) is 11.5 Å². The summed E-state index contributed by atoms with van der Waals surface area (Å²) in [5.74, 6) is -0.0564. The zero-order chi connectivity index (χ0) is 15.7. The highest BCUT2D eigenvalue weighted by molar-refractivity contribution is 6.30. The van der Waals surface area contributed by atoms with Gasteiger partial charge >= 0.3 is 5.97 Å². The van der Waals surface area contributed by atoms with Gasteiger partial charge in [0.05, 0.1) is 5.92 Å². The van der Waals surface area contributed by atoms with Crippen LogP contribution in [0.15, 0.2) is 24.3 Å². The summed E-state index contributed by atoms with van der Waals surface area (Å²) in [7, 11) is 0. The summed E-state index contributed by atoms with van der Waals surface area (Å²) in [4.78, 5) is 23.4. The standard InChI is InChI=1S/C14H14ClN5O2/c15-8-3-1-2-7(4-8)9-5-10(9)12(21)22-6-11-18-13(16)20-14(17)19-11/h1-4,9-10H,5-6H2,(H4,16,17,18,19,20)/t9-,10-/m1/s1. The summed E-state index contributed by atoms with van der Waals surface area (Å²) in [6.45, 7) is -0.0749. The molecular formula is C14H14ClN5O2. The van der Waals surface area contributed by atoms with E-state index < -0.39 is 0 Å². The maximum absolute atomic E-state index is 12.0. The van der Waals surface area contributed by atoms with Crippen LogP contribution in [0.2, 0.25) is 5.02 Å². The number of carbonyl (C=O) groups is 1. The fraction of sp³-hybridized carbons (Fsp3) is 0.286. The van der Waals surface area contributed by atoms with E-state index in [0.29, 0.717) is 5.02 Å². The van der Waals surface area contributed by atoms with Crippen molar-refractivity contribution >= 4 is 29.5 Å². The monoisotopic (exact) mass is 319 g/mol. The first-order valence-electron chi connectivity index (χ1n) is 6.71. The molecule has 1 fully saturated rings. The second-order valence-electron chi connectivity index (χ2n) is 5.08. The molecule has 2 atom stereocenters. The maximum atomic E-state index is 12.0. The molecule has 0 radical (unpaired) electrons. The van der Waals surface area contributed by atoms with E-state index >= 15 is 0 Å². The zero-order valence-corrected chi connectivity index (χ0v) is 12.3. The van der Waals surface area contributed by atoms with Gasteiger partial charge in [-0.3, -0.25) is 4.79 Å². The summed E-state index contributed by atoms with van der Waals surface area (Å²) in [5, 5.41) is 0.660. The predicted octanol–water partition coefficient (Wildman–Crippen LogP) is 1.54. The largest absolute Gasteiger partial charge is 0.457 e. The Morgan fingerprint density at radius 3 is 2.68 bits per heavy atom. The molecule has 0 amide bonds. The molecule has 0 saturated heterocycles. The molecule has 1 aromatic carbocycles. The SMILES string of the molecule is Nc1nc(N)nc(COC(=O)[C@@H]2C[C@@H]2c2cccc(Cl)c2)n1. The second kappa shape index (κ2) is 5.76. The Bertz CT molecular complexity index is 704. The predicted molar refractivity (Wildman–Crippen MR) is 80.7 cm³/mol. The number of nitrogens with zero attached hydrogens (tertiary/aromatic N) is 3. The van der Waals surface area contributed by atoms with E-state index in [-0.39, 0.29) is 42.1 Å². The number of ether oxygens (including phenoxy) is 1. The number of benzene rings is 1. The van der Waals surface area contributed by atoms with E-state index in [4.69, 9.17) is 27.8 Å². The van der Waals surface area contributed by atoms with Crippen molar-refractivity contribution in [3.05, 3.63) is 40.7 Å². The van der Waals surface area contributed by atoms with Crippen LogP contribution < -0.4 is 11.5 Å². The van der Waals surface area contributed by atoms with Gasteiger partial charge in [0, 0.05) is 5.02 Å². The van der Waals surface area contributed by atoms with Gasteiger partial charge < -0.3 is 16.2 Å². The number of rotatable bonds is 4. The molecule has 3 rings (SSSR count). The van der Waals surface area contributed by atoms with Crippen LogP contribution >= 0.6 is 11.6 Å². The van der Waals surface area contributed by atoms with Crippen LogP contribution in [0.4, 0.5) is 11.9 Å². The van der Waals surface area contributed by atoms with E-state index in [1.54, 1.807) is 6.07 Å². The van der Waals surface area contributed by atoms with Gasteiger partial charge in [-0.05, 0) is 30.0 Å². The minimum atomic E-state index is -0.289. The van der Waals surface area contributed by atoms with Gasteiger partial charge in [-0.15, -0.1) is 0 Å². The first-order valence-corrected chi connectivity index (χ1v) is 7.08. The molecule has 1 aromatic heterocycles. The normalized spacial score (nSPS) is 19.7. The Hall–Kier alpha value is -2.41. The number of esters is 1. The van der Waals surface area contributed by atoms with Gasteiger partial charge in [-0.2, -0.15) is 15.0 Å². The molecule has 1 aliphatic rings. The number of carbonyl (C=O) groups excluding carboxylic acids is 1. The quantitative estimate of drug-likeness (QED) is 0.821. The lowest BCUT2D eigenvalue weighted by atomic mass is 10.1. The molecule has 0 bridgehead atoms. The molecule has 4 N–H and O–H groups in total. The van der Waals surface area contributed by atoms with Crippen molar-refractivity contribution in [3.63, 3.8) is 0 Å². The third kappa shape index (κ3) is 3.25. The highest BCUT2D eigenvalue weighted by Crippen LogP contribution is 2.48. The lowest BCUT2D eigenvalue weighted by Crippen LogP contribution is -2.12. The van der Waals surface area contributed by atoms with Crippen LogP contribution in [0.5, 0.6) is 0 Å². The third-order valence-corrected chi connectivity index (χ3v) is 3.66. The van der Waals surface area contributed by atoms with E-state index in [1.807, 2.05) is 18.2 Å². The van der Waals surface area contributed by atoms with Gasteiger partial charge in [0.25, 0.3) is 0 Å². The fourth-order valence-electron chi connectivity index (χ4n) is 2.33. The summed E-state index contributed by atoms with van der Waals surface area (Å²) in [6, 6.07) is 7.50. The molecule has 0 spiro atoms. The number of hydrogen-bond acceptors (Lipinski definition) is 7. The number of hydrogen-bond donors (Lipinski definition) is 2. The molecule has 1 heterocycles. The molecular weight excluding hydrogens is 306 g/mol. The average molecular weight is 320 g/mol. The van der Waals surface area contributed by atoms with Gasteiger partial charge in [0.2, 0.25) is 11.9 Å². The van der Waals surface area contributed by atoms with Crippen molar-refractivity contribution in [2.24, 2.45) is 5.92 Å². The molecule has 1 saturated carbocycles. The Balaban J connectivity index is 1.57. The third-order valence-electron chi connectivity index (χ3n) is 3.43. The van der Waals surface area contributed by atoms with Crippen molar-refractivity contribution in [1.82, 2.24) is 15.0 Å². The second-order valence-corrected chi connectivity index (χ2v) is 5.52. The molecule has 114 valence electrons. The Kier molecular flexibility index (Phi) is 3.81. The Morgan fingerprint density at radius 2 is 2.00 bits per heavy atom. The highest BCUT2D eigenvalue weighted by atomic mass is 35.5. The molecule has 1 aliphatic carbocycles. The molecule has 2 aromatic rings. The number of anilines is 2. The Morgan fingerprint density at radius 1 is 1.27 bits per heavy atom. The van der Waals surface area contributed by atoms with Crippen LogP contribution in [-0.2, 0) is 16.1 Å². The number of halogens is 1. The minimum absolute atomic E-state index is 0.00164. The summed E-state index contributed by atoms with van der Waals surface area (Å²) in [5.41, 5.74) is 12.0. The lowest BCUT2D eigenvalue weighted by molar-refractivity contribution is -0.146. The van der Waals surface area contributed by atoms with Crippen LogP contribution in [0, 0.1) is 5.92 Å². The van der Waals surface area contributed by atoms with Crippen molar-refractivity contribution in [3.8, 4) is 0 Å². The number of nitrogen functional groups attached to an aromatic ring is 2. The Labute approximate surface area is 131 Å². The summed E-state index contributed by atoms with van der Waals surface area (Å²) < 4.78 is 5.21. The smallest absolute Gasteiger partial charge is 0.310 e. The highest BCUT2D eigenvalue weighted by Gasteiger charge is 2.45. The summed E-state index contributed by atoms with van der Waals surface area (Å²) >= 11 is 5.95. The van der Waals surface area contributed by atoms with Gasteiger partial charge in [-0.25, -0.2) is 0 Å². The number of nitrogens with two attached hydrogens (primary N) is 2. The van der Waals surface area contributed by atoms with Crippen molar-refractivity contribution in [1.29, 1.82) is 0 Å². The average Bonchev–Trinajstić information content (AvgIpc) is 3.24. The van der Waals surface area contributed by atoms with Crippen LogP contribution in [0.25, 0.3) is 0 Å². The van der Waals surface area contributed by atoms with E-state index in [9.17, 15) is 4.79 Å². The molecule has 8 heteroatoms. The van der Waals surface area contributed by atoms with E-state index in [2.05, 4.69) is 15.0 Å². The van der Waals surface area contributed by atoms with Crippen molar-refractivity contribution < 1.29 is 9.53 Å². The van der Waals surface area contributed by atoms with Crippen LogP contribution in [0.1, 0.15) is 23.7 Å². The zero-order valence-electron chi connectivity index (χ0n) is 11.6. The lowest BCUT2D eigenvalue weighted by Gasteiger charge is -2.05. The van der Waals surface area contributed by atoms with Gasteiger partial charge in [0.15, 0.2) is 12.4 Å². The summed E-state index contributed by atoms with van der Waals surface area (Å²) in [6.07, 6.45) is 0.751. The van der Waals surface area contributed by atoms with E-state index in [1.165, 1.54) is 0 Å². The first-order chi connectivity index (χ1) is 10.5. The van der Waals surface area contributed by atoms with Crippen LogP contribution in [-0.4, -0.2) is 20.9 Å². The van der Waals surface area contributed by atoms with Gasteiger partial charge in [-0.1, -0.05) is 23.7 Å². The van der Waals surface area contributed by atoms with Crippen molar-refractivity contribution in [2.45, 2.75) is 18.9 Å². The molecule has 7 nitrogen and oxygen atoms in total. The van der Waals surface area contributed by atoms with Gasteiger partial charge in [0.1, 0.15) is 0 Å². The molecule has 0 unspecified atom stereocenters. The van der Waals surface area contributed by atoms with E-state index in [0.717, 1.165) is 12.0 Å². The molecule has 0 aliphatic heterocycles. The number of aromatic nitrogens is 3. The topological polar surface area (TPSA) is 117 Å². The first kappa shape index (κ1) is 14.5. The fourth-order valence-corrected chi connectivity index (χ4v) is 2.52. The maximum Gasteiger partial charge on any atom is 0.310 e. The minimum Gasteiger partial charge on any atom is -0.457 e. The molecule has 22 heavy (non-hydrogen) atoms.